The fraction of sp³-hybridized carbons (Fsp3) is 0.400. The number of aliphatic carboxylic acids is 1. The first-order chi connectivity index (χ1) is 9.81. The van der Waals surface area contributed by atoms with Crippen molar-refractivity contribution in [2.75, 3.05) is 5.73 Å². The summed E-state index contributed by atoms with van der Waals surface area (Å²) in [6.45, 7) is 3.77. The van der Waals surface area contributed by atoms with Crippen LogP contribution in [0, 0.1) is 5.41 Å². The molecule has 2 fully saturated rings. The van der Waals surface area contributed by atoms with Crippen molar-refractivity contribution >= 4 is 23.6 Å². The lowest BCUT2D eigenvalue weighted by Gasteiger charge is -2.40. The van der Waals surface area contributed by atoms with E-state index < -0.39 is 17.4 Å². The highest BCUT2D eigenvalue weighted by Gasteiger charge is 2.60. The topological polar surface area (TPSA) is 96.5 Å². The van der Waals surface area contributed by atoms with Gasteiger partial charge in [0, 0.05) is 5.57 Å². The van der Waals surface area contributed by atoms with Gasteiger partial charge in [-0.3, -0.25) is 9.78 Å². The number of carboxylic acid groups (broad SMARTS) is 1. The van der Waals surface area contributed by atoms with Crippen LogP contribution in [0.5, 0.6) is 0 Å². The second-order valence-corrected chi connectivity index (χ2v) is 6.28. The summed E-state index contributed by atoms with van der Waals surface area (Å²) in [5, 5.41) is 9.36. The number of hydrogen-bond donors (Lipinski definition) is 2. The van der Waals surface area contributed by atoms with Gasteiger partial charge in [-0.1, -0.05) is 13.8 Å². The average molecular weight is 287 g/mol. The molecule has 1 aromatic heterocycles. The molecule has 0 radical (unpaired) electrons. The Morgan fingerprint density at radius 2 is 2.24 bits per heavy atom. The lowest BCUT2D eigenvalue weighted by molar-refractivity contribution is -0.154. The molecule has 1 aromatic rings. The van der Waals surface area contributed by atoms with Gasteiger partial charge >= 0.3 is 5.97 Å². The first-order valence-corrected chi connectivity index (χ1v) is 6.80. The first kappa shape index (κ1) is 13.6. The number of β-lactam (4-membered cyclic amide) rings is 1. The van der Waals surface area contributed by atoms with Crippen LogP contribution in [0.1, 0.15) is 26.0 Å². The minimum Gasteiger partial charge on any atom is -0.480 e. The van der Waals surface area contributed by atoms with Gasteiger partial charge in [0.2, 0.25) is 0 Å². The summed E-state index contributed by atoms with van der Waals surface area (Å²) in [4.78, 5) is 29.3. The molecule has 21 heavy (non-hydrogen) atoms. The molecule has 1 amide bonds. The van der Waals surface area contributed by atoms with Crippen molar-refractivity contribution in [1.82, 2.24) is 9.88 Å². The maximum Gasteiger partial charge on any atom is 0.327 e. The van der Waals surface area contributed by atoms with E-state index in [-0.39, 0.29) is 11.9 Å². The highest BCUT2D eigenvalue weighted by Crippen LogP contribution is 2.49. The van der Waals surface area contributed by atoms with Crippen molar-refractivity contribution in [2.45, 2.75) is 32.4 Å². The molecule has 3 rings (SSSR count). The summed E-state index contributed by atoms with van der Waals surface area (Å²) in [6.07, 6.45) is 3.91. The van der Waals surface area contributed by atoms with Crippen LogP contribution in [-0.2, 0) is 9.59 Å². The summed E-state index contributed by atoms with van der Waals surface area (Å²) in [5.74, 6) is -1.16. The largest absolute Gasteiger partial charge is 0.480 e. The van der Waals surface area contributed by atoms with Crippen LogP contribution in [0.15, 0.2) is 23.9 Å². The zero-order valence-electron chi connectivity index (χ0n) is 11.9. The van der Waals surface area contributed by atoms with Crippen LogP contribution >= 0.6 is 0 Å². The van der Waals surface area contributed by atoms with Gasteiger partial charge in [0.05, 0.1) is 23.6 Å². The molecule has 0 aliphatic carbocycles. The molecule has 0 aromatic carbocycles. The predicted molar refractivity (Wildman–Crippen MR) is 77.1 cm³/mol. The normalized spacial score (nSPS) is 28.4. The van der Waals surface area contributed by atoms with E-state index in [0.29, 0.717) is 23.4 Å². The van der Waals surface area contributed by atoms with Crippen LogP contribution in [0.4, 0.5) is 5.69 Å². The summed E-state index contributed by atoms with van der Waals surface area (Å²) >= 11 is 0. The van der Waals surface area contributed by atoms with Crippen LogP contribution in [0.25, 0.3) is 6.08 Å². The zero-order chi connectivity index (χ0) is 15.4. The Kier molecular flexibility index (Phi) is 2.79. The Morgan fingerprint density at radius 3 is 2.81 bits per heavy atom. The van der Waals surface area contributed by atoms with Gasteiger partial charge in [-0.05, 0) is 30.0 Å². The lowest BCUT2D eigenvalue weighted by atomic mass is 9.83. The summed E-state index contributed by atoms with van der Waals surface area (Å²) < 4.78 is 0. The highest BCUT2D eigenvalue weighted by atomic mass is 16.4. The second kappa shape index (κ2) is 4.31. The molecule has 6 nitrogen and oxygen atoms in total. The third-order valence-corrected chi connectivity index (χ3v) is 4.26. The van der Waals surface area contributed by atoms with E-state index in [1.54, 1.807) is 18.2 Å². The van der Waals surface area contributed by atoms with Gasteiger partial charge in [0.1, 0.15) is 6.04 Å². The number of carboxylic acids is 1. The zero-order valence-corrected chi connectivity index (χ0v) is 11.9. The number of nitrogen functional groups attached to an aromatic ring is 1. The number of pyridine rings is 1. The SMILES string of the molecule is CC1(C)CC2/C(=C\c3ccc(N)cn3)C(=O)N2[C@H]1C(=O)O. The van der Waals surface area contributed by atoms with Crippen molar-refractivity contribution in [3.63, 3.8) is 0 Å². The number of anilines is 1. The first-order valence-electron chi connectivity index (χ1n) is 6.80. The molecule has 110 valence electrons. The number of hydrogen-bond acceptors (Lipinski definition) is 4. The van der Waals surface area contributed by atoms with E-state index in [0.717, 1.165) is 0 Å². The maximum absolute atomic E-state index is 12.3. The van der Waals surface area contributed by atoms with E-state index in [2.05, 4.69) is 4.98 Å². The van der Waals surface area contributed by atoms with Crippen molar-refractivity contribution in [2.24, 2.45) is 5.41 Å². The van der Waals surface area contributed by atoms with Crippen LogP contribution in [0.3, 0.4) is 0 Å². The number of fused-ring (bicyclic) bond motifs is 1. The molecule has 1 unspecified atom stereocenters. The van der Waals surface area contributed by atoms with Gasteiger partial charge in [0.15, 0.2) is 0 Å². The Bertz CT molecular complexity index is 649. The van der Waals surface area contributed by atoms with E-state index in [1.165, 1.54) is 11.1 Å². The average Bonchev–Trinajstić information content (AvgIpc) is 2.66. The molecule has 0 bridgehead atoms. The van der Waals surface area contributed by atoms with Gasteiger partial charge in [0.25, 0.3) is 5.91 Å². The Hall–Kier alpha value is -2.37. The summed E-state index contributed by atoms with van der Waals surface area (Å²) in [5.41, 5.74) is 6.99. The molecule has 2 aliphatic rings. The van der Waals surface area contributed by atoms with E-state index in [1.807, 2.05) is 13.8 Å². The van der Waals surface area contributed by atoms with Crippen molar-refractivity contribution in [3.05, 3.63) is 29.6 Å². The summed E-state index contributed by atoms with van der Waals surface area (Å²) in [7, 11) is 0. The molecule has 6 heteroatoms. The number of aromatic nitrogens is 1. The summed E-state index contributed by atoms with van der Waals surface area (Å²) in [6, 6.07) is 2.57. The fourth-order valence-electron chi connectivity index (χ4n) is 3.28. The Labute approximate surface area is 122 Å². The number of carbonyl (C=O) groups is 2. The van der Waals surface area contributed by atoms with Gasteiger partial charge in [-0.2, -0.15) is 0 Å². The molecular weight excluding hydrogens is 270 g/mol. The van der Waals surface area contributed by atoms with Gasteiger partial charge in [-0.15, -0.1) is 0 Å². The second-order valence-electron chi connectivity index (χ2n) is 6.28. The van der Waals surface area contributed by atoms with Crippen molar-refractivity contribution < 1.29 is 14.7 Å². The molecule has 3 heterocycles. The highest BCUT2D eigenvalue weighted by molar-refractivity contribution is 6.08. The number of amides is 1. The fourth-order valence-corrected chi connectivity index (χ4v) is 3.28. The standard InChI is InChI=1S/C15H17N3O3/c1-15(2)6-11-10(5-9-4-3-8(16)7-17-9)13(19)18(11)12(15)14(20)21/h3-5,7,11-12H,6,16H2,1-2H3,(H,20,21)/b10-5+/t11?,12-/m0/s1. The quantitative estimate of drug-likeness (QED) is 0.628. The van der Waals surface area contributed by atoms with Crippen LogP contribution in [-0.4, -0.2) is 39.0 Å². The molecule has 2 aliphatic heterocycles. The number of carbonyl (C=O) groups excluding carboxylic acids is 1. The third-order valence-electron chi connectivity index (χ3n) is 4.26. The Balaban J connectivity index is 1.91. The van der Waals surface area contributed by atoms with E-state index in [9.17, 15) is 14.7 Å². The molecule has 0 saturated carbocycles. The van der Waals surface area contributed by atoms with Gasteiger partial charge < -0.3 is 15.7 Å². The molecule has 3 N–H and O–H groups in total. The van der Waals surface area contributed by atoms with Crippen LogP contribution in [0.2, 0.25) is 0 Å². The molecule has 2 saturated heterocycles. The number of nitrogens with zero attached hydrogens (tertiary/aromatic N) is 2. The van der Waals surface area contributed by atoms with Crippen molar-refractivity contribution in [3.8, 4) is 0 Å². The smallest absolute Gasteiger partial charge is 0.327 e. The number of rotatable bonds is 2. The predicted octanol–water partition coefficient (Wildman–Crippen LogP) is 1.14. The minimum absolute atomic E-state index is 0.132. The van der Waals surface area contributed by atoms with Crippen molar-refractivity contribution in [1.29, 1.82) is 0 Å². The molecule has 2 atom stereocenters. The lowest BCUT2D eigenvalue weighted by Crippen LogP contribution is -2.57. The minimum atomic E-state index is -0.944. The number of nitrogens with two attached hydrogens (primary N) is 1. The van der Waals surface area contributed by atoms with Gasteiger partial charge in [-0.25, -0.2) is 4.79 Å². The van der Waals surface area contributed by atoms with E-state index in [4.69, 9.17) is 5.73 Å². The molecule has 0 spiro atoms. The van der Waals surface area contributed by atoms with E-state index >= 15 is 0 Å². The van der Waals surface area contributed by atoms with Crippen LogP contribution < -0.4 is 5.73 Å². The molecular formula is C15H17N3O3. The monoisotopic (exact) mass is 287 g/mol. The Morgan fingerprint density at radius 1 is 1.52 bits per heavy atom. The third kappa shape index (κ3) is 1.98. The maximum atomic E-state index is 12.3.